The lowest BCUT2D eigenvalue weighted by Gasteiger charge is -2.34. The summed E-state index contributed by atoms with van der Waals surface area (Å²) in [5.41, 5.74) is 0.302. The van der Waals surface area contributed by atoms with E-state index in [9.17, 15) is 8.42 Å². The van der Waals surface area contributed by atoms with Crippen LogP contribution in [0.3, 0.4) is 0 Å². The zero-order chi connectivity index (χ0) is 14.1. The second-order valence-electron chi connectivity index (χ2n) is 5.94. The molecule has 1 heterocycles. The van der Waals surface area contributed by atoms with Gasteiger partial charge in [0, 0.05) is 6.04 Å². The van der Waals surface area contributed by atoms with Crippen molar-refractivity contribution >= 4 is 10.0 Å². The SMILES string of the molecule is CC1(C)CCC(NS(=O)(=O)c2ccc(CO)o2)CC1. The van der Waals surface area contributed by atoms with E-state index in [2.05, 4.69) is 18.6 Å². The molecule has 1 fully saturated rings. The van der Waals surface area contributed by atoms with Crippen molar-refractivity contribution in [3.8, 4) is 0 Å². The van der Waals surface area contributed by atoms with Crippen LogP contribution in [-0.2, 0) is 16.6 Å². The Morgan fingerprint density at radius 2 is 2.00 bits per heavy atom. The first-order chi connectivity index (χ1) is 8.82. The number of hydrogen-bond acceptors (Lipinski definition) is 4. The van der Waals surface area contributed by atoms with Crippen molar-refractivity contribution < 1.29 is 17.9 Å². The first-order valence-electron chi connectivity index (χ1n) is 6.54. The maximum absolute atomic E-state index is 12.1. The fourth-order valence-electron chi connectivity index (χ4n) is 2.38. The van der Waals surface area contributed by atoms with E-state index in [-0.39, 0.29) is 23.5 Å². The Balaban J connectivity index is 2.02. The number of aliphatic hydroxyl groups is 1. The van der Waals surface area contributed by atoms with Crippen molar-refractivity contribution in [1.82, 2.24) is 4.72 Å². The molecule has 0 amide bonds. The van der Waals surface area contributed by atoms with Gasteiger partial charge in [-0.15, -0.1) is 0 Å². The lowest BCUT2D eigenvalue weighted by Crippen LogP contribution is -2.39. The Morgan fingerprint density at radius 1 is 1.37 bits per heavy atom. The summed E-state index contributed by atoms with van der Waals surface area (Å²) in [6.45, 7) is 4.11. The molecule has 0 atom stereocenters. The van der Waals surface area contributed by atoms with Crippen LogP contribution in [0.4, 0.5) is 0 Å². The number of aliphatic hydroxyl groups excluding tert-OH is 1. The highest BCUT2D eigenvalue weighted by Crippen LogP contribution is 2.35. The second-order valence-corrected chi connectivity index (χ2v) is 7.58. The highest BCUT2D eigenvalue weighted by atomic mass is 32.2. The zero-order valence-electron chi connectivity index (χ0n) is 11.3. The van der Waals surface area contributed by atoms with E-state index >= 15 is 0 Å². The molecule has 0 radical (unpaired) electrons. The van der Waals surface area contributed by atoms with Gasteiger partial charge in [-0.2, -0.15) is 0 Å². The van der Waals surface area contributed by atoms with Crippen molar-refractivity contribution in [2.75, 3.05) is 0 Å². The highest BCUT2D eigenvalue weighted by Gasteiger charge is 2.30. The average Bonchev–Trinajstić information content (AvgIpc) is 2.81. The molecule has 0 aromatic carbocycles. The number of rotatable bonds is 4. The molecule has 5 nitrogen and oxygen atoms in total. The quantitative estimate of drug-likeness (QED) is 0.888. The number of sulfonamides is 1. The van der Waals surface area contributed by atoms with Crippen LogP contribution >= 0.6 is 0 Å². The van der Waals surface area contributed by atoms with Gasteiger partial charge in [-0.05, 0) is 43.2 Å². The predicted molar refractivity (Wildman–Crippen MR) is 71.0 cm³/mol. The van der Waals surface area contributed by atoms with Gasteiger partial charge < -0.3 is 9.52 Å². The van der Waals surface area contributed by atoms with Gasteiger partial charge in [0.2, 0.25) is 5.09 Å². The fraction of sp³-hybridized carbons (Fsp3) is 0.692. The molecule has 0 aliphatic heterocycles. The molecule has 0 bridgehead atoms. The molecule has 108 valence electrons. The van der Waals surface area contributed by atoms with Crippen molar-refractivity contribution in [3.05, 3.63) is 17.9 Å². The Morgan fingerprint density at radius 3 is 2.53 bits per heavy atom. The standard InChI is InChI=1S/C13H21NO4S/c1-13(2)7-5-10(6-8-13)14-19(16,17)12-4-3-11(9-15)18-12/h3-4,10,14-15H,5-9H2,1-2H3. The molecule has 0 spiro atoms. The third-order valence-corrected chi connectivity index (χ3v) is 5.11. The third-order valence-electron chi connectivity index (χ3n) is 3.72. The van der Waals surface area contributed by atoms with E-state index in [0.29, 0.717) is 5.41 Å². The monoisotopic (exact) mass is 287 g/mol. The van der Waals surface area contributed by atoms with Gasteiger partial charge in [0.15, 0.2) is 0 Å². The third kappa shape index (κ3) is 3.58. The molecule has 19 heavy (non-hydrogen) atoms. The van der Waals surface area contributed by atoms with E-state index in [1.807, 2.05) is 0 Å². The molecular formula is C13H21NO4S. The first-order valence-corrected chi connectivity index (χ1v) is 8.03. The van der Waals surface area contributed by atoms with E-state index < -0.39 is 10.0 Å². The van der Waals surface area contributed by atoms with Gasteiger partial charge in [-0.3, -0.25) is 0 Å². The largest absolute Gasteiger partial charge is 0.446 e. The fourth-order valence-corrected chi connectivity index (χ4v) is 3.64. The number of hydrogen-bond donors (Lipinski definition) is 2. The molecule has 2 rings (SSSR count). The minimum atomic E-state index is -3.61. The Kier molecular flexibility index (Phi) is 4.03. The van der Waals surface area contributed by atoms with Crippen LogP contribution in [0.25, 0.3) is 0 Å². The topological polar surface area (TPSA) is 79.5 Å². The lowest BCUT2D eigenvalue weighted by atomic mass is 9.76. The number of furan rings is 1. The van der Waals surface area contributed by atoms with Crippen LogP contribution in [0, 0.1) is 5.41 Å². The van der Waals surface area contributed by atoms with Crippen LogP contribution in [0.15, 0.2) is 21.6 Å². The van der Waals surface area contributed by atoms with Gasteiger partial charge in [-0.1, -0.05) is 13.8 Å². The van der Waals surface area contributed by atoms with Crippen molar-refractivity contribution in [3.63, 3.8) is 0 Å². The summed E-state index contributed by atoms with van der Waals surface area (Å²) in [4.78, 5) is 0. The van der Waals surface area contributed by atoms with E-state index in [4.69, 9.17) is 9.52 Å². The molecule has 1 aromatic heterocycles. The van der Waals surface area contributed by atoms with E-state index in [0.717, 1.165) is 25.7 Å². The minimum absolute atomic E-state index is 0.0271. The first kappa shape index (κ1) is 14.6. The zero-order valence-corrected chi connectivity index (χ0v) is 12.2. The van der Waals surface area contributed by atoms with Gasteiger partial charge in [0.25, 0.3) is 10.0 Å². The molecule has 1 aromatic rings. The molecule has 1 aliphatic rings. The molecule has 2 N–H and O–H groups in total. The highest BCUT2D eigenvalue weighted by molar-refractivity contribution is 7.89. The van der Waals surface area contributed by atoms with Gasteiger partial charge >= 0.3 is 0 Å². The van der Waals surface area contributed by atoms with Gasteiger partial charge in [0.1, 0.15) is 12.4 Å². The minimum Gasteiger partial charge on any atom is -0.446 e. The summed E-state index contributed by atoms with van der Waals surface area (Å²) in [6.07, 6.45) is 3.72. The summed E-state index contributed by atoms with van der Waals surface area (Å²) < 4.78 is 32.0. The summed E-state index contributed by atoms with van der Waals surface area (Å²) in [5.74, 6) is 0.255. The molecule has 6 heteroatoms. The normalized spacial score (nSPS) is 20.6. The van der Waals surface area contributed by atoms with Crippen LogP contribution in [0.1, 0.15) is 45.3 Å². The Labute approximate surface area is 114 Å². The predicted octanol–water partition coefficient (Wildman–Crippen LogP) is 2.02. The van der Waals surface area contributed by atoms with Gasteiger partial charge in [-0.25, -0.2) is 13.1 Å². The van der Waals surface area contributed by atoms with Crippen LogP contribution in [0.5, 0.6) is 0 Å². The van der Waals surface area contributed by atoms with Crippen LogP contribution in [0.2, 0.25) is 0 Å². The lowest BCUT2D eigenvalue weighted by molar-refractivity contribution is 0.217. The summed E-state index contributed by atoms with van der Waals surface area (Å²) in [5, 5.41) is 8.76. The second kappa shape index (κ2) is 5.26. The smallest absolute Gasteiger partial charge is 0.274 e. The van der Waals surface area contributed by atoms with E-state index in [1.165, 1.54) is 12.1 Å². The Bertz CT molecular complexity index is 523. The average molecular weight is 287 g/mol. The Hall–Kier alpha value is -0.850. The van der Waals surface area contributed by atoms with Crippen LogP contribution < -0.4 is 4.72 Å². The summed E-state index contributed by atoms with van der Waals surface area (Å²) in [7, 11) is -3.61. The molecule has 0 saturated heterocycles. The molecule has 0 unspecified atom stereocenters. The summed E-state index contributed by atoms with van der Waals surface area (Å²) in [6, 6.07) is 2.82. The molecule has 1 saturated carbocycles. The van der Waals surface area contributed by atoms with Gasteiger partial charge in [0.05, 0.1) is 0 Å². The molecular weight excluding hydrogens is 266 g/mol. The molecule has 1 aliphatic carbocycles. The maximum Gasteiger partial charge on any atom is 0.274 e. The van der Waals surface area contributed by atoms with Crippen LogP contribution in [-0.4, -0.2) is 19.6 Å². The van der Waals surface area contributed by atoms with Crippen molar-refractivity contribution in [1.29, 1.82) is 0 Å². The maximum atomic E-state index is 12.1. The van der Waals surface area contributed by atoms with Crippen molar-refractivity contribution in [2.24, 2.45) is 5.41 Å². The summed E-state index contributed by atoms with van der Waals surface area (Å²) >= 11 is 0. The van der Waals surface area contributed by atoms with E-state index in [1.54, 1.807) is 0 Å². The van der Waals surface area contributed by atoms with Crippen molar-refractivity contribution in [2.45, 2.75) is 57.3 Å². The number of nitrogens with one attached hydrogen (secondary N) is 1.